The Morgan fingerprint density at radius 1 is 0.875 bits per heavy atom. The first-order chi connectivity index (χ1) is 7.18. The predicted octanol–water partition coefficient (Wildman–Crippen LogP) is -4.16. The highest BCUT2D eigenvalue weighted by Gasteiger charge is 2.04. The van der Waals surface area contributed by atoms with Crippen molar-refractivity contribution in [2.75, 3.05) is 0 Å². The Balaban J connectivity index is -0.000000160. The van der Waals surface area contributed by atoms with Crippen LogP contribution in [0.3, 0.4) is 0 Å². The highest BCUT2D eigenvalue weighted by atomic mass is 16.4. The minimum Gasteiger partial charge on any atom is -0.473 e. The lowest BCUT2D eigenvalue weighted by atomic mass is 10.7. The van der Waals surface area contributed by atoms with Crippen LogP contribution < -0.4 is 34.0 Å². The van der Waals surface area contributed by atoms with E-state index in [1.807, 2.05) is 10.9 Å². The lowest BCUT2D eigenvalue weighted by Gasteiger charge is -1.85. The molecule has 14 N–H and O–H groups in total. The Morgan fingerprint density at radius 3 is 1.00 bits per heavy atom. The molecule has 0 spiro atoms. The van der Waals surface area contributed by atoms with Crippen LogP contribution in [0.2, 0.25) is 0 Å². The monoisotopic (exact) mass is 238 g/mol. The second-order valence-corrected chi connectivity index (χ2v) is 1.73. The van der Waals surface area contributed by atoms with Crippen molar-refractivity contribution < 1.29 is 19.8 Å². The lowest BCUT2D eigenvalue weighted by molar-refractivity contribution is -0.159. The average Bonchev–Trinajstić information content (AvgIpc) is 2.19. The second-order valence-electron chi connectivity index (χ2n) is 1.73. The van der Waals surface area contributed by atoms with Gasteiger partial charge in [0.05, 0.1) is 0 Å². The van der Waals surface area contributed by atoms with E-state index in [1.54, 1.807) is 0 Å². The van der Waals surface area contributed by atoms with Crippen LogP contribution in [0.5, 0.6) is 0 Å². The van der Waals surface area contributed by atoms with Gasteiger partial charge in [-0.15, -0.1) is 0 Å². The van der Waals surface area contributed by atoms with Gasteiger partial charge in [0.15, 0.2) is 11.9 Å². The Kier molecular flexibility index (Phi) is 14.8. The summed E-state index contributed by atoms with van der Waals surface area (Å²) < 4.78 is 0. The van der Waals surface area contributed by atoms with Crippen LogP contribution in [0.25, 0.3) is 0 Å². The zero-order chi connectivity index (χ0) is 13.7. The number of hydrazine groups is 2. The summed E-state index contributed by atoms with van der Waals surface area (Å²) in [5, 5.41) is 27.4. The smallest absolute Gasteiger partial charge is 0.414 e. The number of rotatable bonds is 0. The molecule has 0 aliphatic carbocycles. The number of nitrogens with two attached hydrogens (primary N) is 4. The molecular weight excluding hydrogens is 224 g/mol. The van der Waals surface area contributed by atoms with Crippen LogP contribution >= 0.6 is 0 Å². The van der Waals surface area contributed by atoms with Gasteiger partial charge in [-0.05, 0) is 0 Å². The van der Waals surface area contributed by atoms with Crippen molar-refractivity contribution in [2.45, 2.75) is 0 Å². The van der Waals surface area contributed by atoms with Crippen molar-refractivity contribution in [3.63, 3.8) is 0 Å². The molecule has 0 atom stereocenters. The van der Waals surface area contributed by atoms with Crippen LogP contribution in [-0.4, -0.2) is 34.1 Å². The molecule has 0 bridgehead atoms. The molecular formula is C4H14N8O4. The molecule has 0 aromatic carbocycles. The fourth-order valence-corrected chi connectivity index (χ4v) is 0. The van der Waals surface area contributed by atoms with Gasteiger partial charge < -0.3 is 21.7 Å². The number of hydrogen-bond donors (Lipinski definition) is 10. The molecule has 0 radical (unpaired) electrons. The van der Waals surface area contributed by atoms with Crippen molar-refractivity contribution in [1.82, 2.24) is 10.9 Å². The maximum absolute atomic E-state index is 9.10. The minimum atomic E-state index is -1.82. The summed E-state index contributed by atoms with van der Waals surface area (Å²) in [6.07, 6.45) is 0. The van der Waals surface area contributed by atoms with Crippen molar-refractivity contribution in [2.24, 2.45) is 23.2 Å². The summed E-state index contributed by atoms with van der Waals surface area (Å²) in [6, 6.07) is 0. The number of hydrogen-bond acceptors (Lipinski definition) is 6. The van der Waals surface area contributed by atoms with Crippen molar-refractivity contribution in [1.29, 1.82) is 10.8 Å². The molecule has 0 aliphatic heterocycles. The normalized spacial score (nSPS) is 6.88. The fraction of sp³-hybridized carbons (Fsp3) is 0. The molecule has 12 nitrogen and oxygen atoms in total. The molecule has 0 amide bonds. The summed E-state index contributed by atoms with van der Waals surface area (Å²) in [5.74, 6) is 5.06. The quantitative estimate of drug-likeness (QED) is 0.0640. The minimum absolute atomic E-state index is 0.218. The van der Waals surface area contributed by atoms with Crippen LogP contribution in [0, 0.1) is 10.8 Å². The van der Waals surface area contributed by atoms with Gasteiger partial charge in [0, 0.05) is 0 Å². The summed E-state index contributed by atoms with van der Waals surface area (Å²) in [5.41, 5.74) is 13.1. The van der Waals surface area contributed by atoms with Gasteiger partial charge in [0.1, 0.15) is 0 Å². The zero-order valence-corrected chi connectivity index (χ0v) is 8.02. The van der Waals surface area contributed by atoms with E-state index in [4.69, 9.17) is 30.6 Å². The van der Waals surface area contributed by atoms with Crippen molar-refractivity contribution in [3.8, 4) is 0 Å². The van der Waals surface area contributed by atoms with E-state index in [0.29, 0.717) is 0 Å². The highest BCUT2D eigenvalue weighted by Crippen LogP contribution is 1.56. The molecule has 0 fully saturated rings. The molecule has 0 unspecified atom stereocenters. The number of carboxylic acid groups (broad SMARTS) is 2. The molecule has 0 saturated carbocycles. The summed E-state index contributed by atoms with van der Waals surface area (Å²) in [7, 11) is 0. The first-order valence-electron chi connectivity index (χ1n) is 3.26. The van der Waals surface area contributed by atoms with Gasteiger partial charge in [0.25, 0.3) is 0 Å². The van der Waals surface area contributed by atoms with E-state index >= 15 is 0 Å². The Hall–Kier alpha value is -2.60. The third kappa shape index (κ3) is 42.3. The molecule has 0 aliphatic rings. The van der Waals surface area contributed by atoms with Gasteiger partial charge in [0.2, 0.25) is 0 Å². The maximum atomic E-state index is 9.10. The first kappa shape index (κ1) is 19.0. The van der Waals surface area contributed by atoms with E-state index in [-0.39, 0.29) is 11.9 Å². The van der Waals surface area contributed by atoms with Crippen LogP contribution in [-0.2, 0) is 9.59 Å². The van der Waals surface area contributed by atoms with Crippen molar-refractivity contribution >= 4 is 23.9 Å². The van der Waals surface area contributed by atoms with Crippen LogP contribution in [0.4, 0.5) is 0 Å². The third-order valence-corrected chi connectivity index (χ3v) is 0.494. The van der Waals surface area contributed by atoms with Gasteiger partial charge in [-0.25, -0.2) is 21.3 Å². The van der Waals surface area contributed by atoms with Gasteiger partial charge >= 0.3 is 11.9 Å². The number of carboxylic acids is 2. The Bertz CT molecular complexity index is 226. The SMILES string of the molecule is N=C(N)NN.N=C(N)NN.O=C(O)C(=O)O. The summed E-state index contributed by atoms with van der Waals surface area (Å²) in [6.45, 7) is 0. The van der Waals surface area contributed by atoms with E-state index in [0.717, 1.165) is 0 Å². The number of guanidine groups is 2. The molecule has 0 aromatic rings. The van der Waals surface area contributed by atoms with Gasteiger partial charge in [-0.2, -0.15) is 0 Å². The van der Waals surface area contributed by atoms with Gasteiger partial charge in [-0.1, -0.05) is 0 Å². The molecule has 0 saturated heterocycles. The second kappa shape index (κ2) is 12.4. The van der Waals surface area contributed by atoms with Crippen LogP contribution in [0.15, 0.2) is 0 Å². The average molecular weight is 238 g/mol. The Morgan fingerprint density at radius 2 is 1.00 bits per heavy atom. The lowest BCUT2D eigenvalue weighted by Crippen LogP contribution is -2.35. The largest absolute Gasteiger partial charge is 0.473 e. The fourth-order valence-electron chi connectivity index (χ4n) is 0. The molecule has 12 heteroatoms. The van der Waals surface area contributed by atoms with Crippen molar-refractivity contribution in [3.05, 3.63) is 0 Å². The summed E-state index contributed by atoms with van der Waals surface area (Å²) in [4.78, 5) is 18.2. The number of aliphatic carboxylic acids is 2. The van der Waals surface area contributed by atoms with E-state index in [2.05, 4.69) is 23.2 Å². The number of carbonyl (C=O) groups is 2. The first-order valence-corrected chi connectivity index (χ1v) is 3.26. The standard InChI is InChI=1S/C2H2O4.2CH6N4/c3-1(4)2(5)6;2*2-1(3)5-4/h(H,3,4)(H,5,6);2*4H2,(H4,2,3,5). The molecule has 0 rings (SSSR count). The van der Waals surface area contributed by atoms with E-state index < -0.39 is 11.9 Å². The van der Waals surface area contributed by atoms with E-state index in [1.165, 1.54) is 0 Å². The molecule has 16 heavy (non-hydrogen) atoms. The topological polar surface area (TPSA) is 250 Å². The number of nitrogens with one attached hydrogen (secondary N) is 4. The maximum Gasteiger partial charge on any atom is 0.414 e. The molecule has 94 valence electrons. The van der Waals surface area contributed by atoms with E-state index in [9.17, 15) is 0 Å². The van der Waals surface area contributed by atoms with Crippen LogP contribution in [0.1, 0.15) is 0 Å². The Labute approximate surface area is 89.5 Å². The zero-order valence-electron chi connectivity index (χ0n) is 8.02. The predicted molar refractivity (Wildman–Crippen MR) is 53.7 cm³/mol. The third-order valence-electron chi connectivity index (χ3n) is 0.494. The molecule has 0 aromatic heterocycles. The molecule has 0 heterocycles. The summed E-state index contributed by atoms with van der Waals surface area (Å²) >= 11 is 0. The van der Waals surface area contributed by atoms with Gasteiger partial charge in [-0.3, -0.25) is 21.7 Å². The highest BCUT2D eigenvalue weighted by molar-refractivity contribution is 6.27.